The zero-order valence-corrected chi connectivity index (χ0v) is 17.8. The number of hydrogen-bond acceptors (Lipinski definition) is 6. The fraction of sp³-hybridized carbons (Fsp3) is 0.292. The van der Waals surface area contributed by atoms with Crippen molar-refractivity contribution in [3.8, 4) is 5.75 Å². The van der Waals surface area contributed by atoms with Gasteiger partial charge in [0.15, 0.2) is 0 Å². The number of carbonyl (C=O) groups excluding carboxylic acids is 1. The highest BCUT2D eigenvalue weighted by Crippen LogP contribution is 2.26. The van der Waals surface area contributed by atoms with Crippen molar-refractivity contribution in [3.63, 3.8) is 0 Å². The number of aliphatic hydroxyl groups excluding tert-OH is 1. The molecule has 1 amide bonds. The molecule has 0 bridgehead atoms. The second-order valence-corrected chi connectivity index (χ2v) is 8.02. The summed E-state index contributed by atoms with van der Waals surface area (Å²) in [6.07, 6.45) is 6.82. The first kappa shape index (κ1) is 20.3. The summed E-state index contributed by atoms with van der Waals surface area (Å²) in [6, 6.07) is 9.95. The Morgan fingerprint density at radius 3 is 2.62 bits per heavy atom. The van der Waals surface area contributed by atoms with Crippen molar-refractivity contribution in [1.29, 1.82) is 0 Å². The number of aliphatic hydroxyl groups is 1. The molecule has 8 heteroatoms. The molecule has 0 atom stereocenters. The number of aryl methyl sites for hydroxylation is 1. The van der Waals surface area contributed by atoms with Crippen molar-refractivity contribution in [2.75, 3.05) is 13.1 Å². The lowest BCUT2D eigenvalue weighted by Gasteiger charge is -2.19. The predicted molar refractivity (Wildman–Crippen MR) is 119 cm³/mol. The Kier molecular flexibility index (Phi) is 5.14. The van der Waals surface area contributed by atoms with Gasteiger partial charge in [-0.3, -0.25) is 9.59 Å². The summed E-state index contributed by atoms with van der Waals surface area (Å²) in [5, 5.41) is 12.5. The van der Waals surface area contributed by atoms with E-state index in [2.05, 4.69) is 17.1 Å². The van der Waals surface area contributed by atoms with Gasteiger partial charge in [-0.25, -0.2) is 15.0 Å². The van der Waals surface area contributed by atoms with Gasteiger partial charge in [0.25, 0.3) is 5.91 Å². The van der Waals surface area contributed by atoms with E-state index in [0.29, 0.717) is 36.4 Å². The van der Waals surface area contributed by atoms with Gasteiger partial charge in [-0.05, 0) is 24.1 Å². The Morgan fingerprint density at radius 2 is 2.00 bits per heavy atom. The number of rotatable bonds is 6. The van der Waals surface area contributed by atoms with Crippen LogP contribution in [0.3, 0.4) is 0 Å². The third-order valence-corrected chi connectivity index (χ3v) is 5.92. The Bertz CT molecular complexity index is 1250. The third-order valence-electron chi connectivity index (χ3n) is 5.92. The van der Waals surface area contributed by atoms with Crippen LogP contribution in [0.2, 0.25) is 0 Å². The second-order valence-electron chi connectivity index (χ2n) is 8.02. The highest BCUT2D eigenvalue weighted by atomic mass is 16.5. The minimum Gasteiger partial charge on any atom is -0.514 e. The van der Waals surface area contributed by atoms with Crippen molar-refractivity contribution in [2.45, 2.75) is 32.4 Å². The summed E-state index contributed by atoms with van der Waals surface area (Å²) in [5.74, 6) is 0.0252. The van der Waals surface area contributed by atoms with E-state index in [4.69, 9.17) is 4.74 Å². The molecule has 3 heterocycles. The molecule has 3 aromatic rings. The van der Waals surface area contributed by atoms with E-state index in [-0.39, 0.29) is 11.7 Å². The van der Waals surface area contributed by atoms with Gasteiger partial charge in [-0.1, -0.05) is 24.3 Å². The fourth-order valence-corrected chi connectivity index (χ4v) is 4.24. The number of amides is 1. The van der Waals surface area contributed by atoms with Crippen LogP contribution in [0.15, 0.2) is 60.0 Å². The van der Waals surface area contributed by atoms with E-state index >= 15 is 0 Å². The van der Waals surface area contributed by atoms with Crippen LogP contribution in [0.1, 0.15) is 28.4 Å². The van der Waals surface area contributed by atoms with Crippen molar-refractivity contribution in [2.24, 2.45) is 0 Å². The lowest BCUT2D eigenvalue weighted by molar-refractivity contribution is 0.0604. The molecular formula is C24H24N4O4. The molecule has 5 rings (SSSR count). The van der Waals surface area contributed by atoms with Gasteiger partial charge in [0.2, 0.25) is 5.43 Å². The van der Waals surface area contributed by atoms with E-state index in [1.54, 1.807) is 21.8 Å². The maximum Gasteiger partial charge on any atom is 0.277 e. The molecule has 0 saturated carbocycles. The van der Waals surface area contributed by atoms with Gasteiger partial charge in [-0.2, -0.15) is 0 Å². The smallest absolute Gasteiger partial charge is 0.277 e. The van der Waals surface area contributed by atoms with E-state index in [1.165, 1.54) is 28.5 Å². The molecule has 0 unspecified atom stereocenters. The summed E-state index contributed by atoms with van der Waals surface area (Å²) in [4.78, 5) is 30.9. The van der Waals surface area contributed by atoms with Crippen molar-refractivity contribution in [1.82, 2.24) is 19.6 Å². The summed E-state index contributed by atoms with van der Waals surface area (Å²) in [5.41, 5.74) is 2.68. The van der Waals surface area contributed by atoms with Gasteiger partial charge < -0.3 is 14.4 Å². The van der Waals surface area contributed by atoms with Gasteiger partial charge in [-0.15, -0.1) is 0 Å². The molecule has 1 saturated heterocycles. The zero-order chi connectivity index (χ0) is 22.2. The van der Waals surface area contributed by atoms with E-state index in [1.807, 2.05) is 19.1 Å². The first-order valence-electron chi connectivity index (χ1n) is 10.7. The predicted octanol–water partition coefficient (Wildman–Crippen LogP) is 2.66. The minimum atomic E-state index is -0.487. The van der Waals surface area contributed by atoms with Crippen LogP contribution >= 0.6 is 0 Å². The number of hydrazine groups is 1. The molecule has 8 nitrogen and oxygen atoms in total. The van der Waals surface area contributed by atoms with Gasteiger partial charge >= 0.3 is 0 Å². The maximum absolute atomic E-state index is 13.3. The van der Waals surface area contributed by atoms with Crippen molar-refractivity contribution >= 4 is 16.9 Å². The average Bonchev–Trinajstić information content (AvgIpc) is 3.56. The molecule has 1 aliphatic carbocycles. The first-order valence-corrected chi connectivity index (χ1v) is 10.7. The molecule has 2 aliphatic rings. The number of aromatic nitrogens is 2. The molecule has 0 radical (unpaired) electrons. The normalized spacial score (nSPS) is 15.9. The summed E-state index contributed by atoms with van der Waals surface area (Å²) in [7, 11) is 0. The van der Waals surface area contributed by atoms with Crippen LogP contribution in [0.4, 0.5) is 0 Å². The summed E-state index contributed by atoms with van der Waals surface area (Å²) in [6.45, 7) is 3.85. The molecule has 1 N–H and O–H groups in total. The lowest BCUT2D eigenvalue weighted by Crippen LogP contribution is -2.35. The first-order chi connectivity index (χ1) is 15.6. The van der Waals surface area contributed by atoms with Gasteiger partial charge in [0.1, 0.15) is 23.1 Å². The summed E-state index contributed by atoms with van der Waals surface area (Å²) < 4.78 is 7.95. The van der Waals surface area contributed by atoms with Crippen molar-refractivity contribution < 1.29 is 14.6 Å². The Morgan fingerprint density at radius 1 is 1.28 bits per heavy atom. The molecule has 1 fully saturated rings. The molecule has 2 aromatic heterocycles. The average molecular weight is 432 g/mol. The molecule has 1 aromatic carbocycles. The Labute approximate surface area is 184 Å². The molecule has 32 heavy (non-hydrogen) atoms. The van der Waals surface area contributed by atoms with Crippen LogP contribution in [0.5, 0.6) is 5.75 Å². The Hall–Kier alpha value is -3.65. The SMILES string of the molecule is CCn1cc(C(=O)N(/C=C/O)N2CC2)c(=O)c2cc(OC3Cc4ccccc4C3)cnc21. The van der Waals surface area contributed by atoms with Crippen LogP contribution in [0, 0.1) is 0 Å². The van der Waals surface area contributed by atoms with Crippen LogP contribution in [-0.4, -0.2) is 49.8 Å². The number of fused-ring (bicyclic) bond motifs is 2. The lowest BCUT2D eigenvalue weighted by atomic mass is 10.1. The largest absolute Gasteiger partial charge is 0.514 e. The maximum atomic E-state index is 13.3. The number of nitrogens with zero attached hydrogens (tertiary/aromatic N) is 4. The number of ether oxygens (including phenoxy) is 1. The number of pyridine rings is 2. The van der Waals surface area contributed by atoms with Crippen LogP contribution < -0.4 is 10.2 Å². The van der Waals surface area contributed by atoms with E-state index in [0.717, 1.165) is 19.1 Å². The second kappa shape index (κ2) is 8.12. The fourth-order valence-electron chi connectivity index (χ4n) is 4.24. The monoisotopic (exact) mass is 432 g/mol. The standard InChI is InChI=1S/C24H24N4O4/c1-2-26-15-21(24(31)28(9-10-29)27-7-8-27)22(30)20-13-19(14-25-23(20)26)32-18-11-16-5-3-4-6-17(16)12-18/h3-6,9-10,13-15,18,29H,2,7-8,11-12H2,1H3/b10-9+. The molecule has 1 aliphatic heterocycles. The van der Waals surface area contributed by atoms with E-state index in [9.17, 15) is 14.7 Å². The van der Waals surface area contributed by atoms with Crippen LogP contribution in [0.25, 0.3) is 11.0 Å². The van der Waals surface area contributed by atoms with Crippen molar-refractivity contribution in [3.05, 3.63) is 82.1 Å². The van der Waals surface area contributed by atoms with Gasteiger partial charge in [0.05, 0.1) is 24.0 Å². The van der Waals surface area contributed by atoms with E-state index < -0.39 is 11.3 Å². The zero-order valence-electron chi connectivity index (χ0n) is 17.8. The quantitative estimate of drug-likeness (QED) is 0.476. The van der Waals surface area contributed by atoms with Crippen LogP contribution in [-0.2, 0) is 19.4 Å². The highest BCUT2D eigenvalue weighted by Gasteiger charge is 2.31. The molecule has 0 spiro atoms. The molecular weight excluding hydrogens is 408 g/mol. The topological polar surface area (TPSA) is 87.7 Å². The van der Waals surface area contributed by atoms with Gasteiger partial charge in [0, 0.05) is 38.7 Å². The number of benzene rings is 1. The number of hydrogen-bond donors (Lipinski definition) is 1. The summed E-state index contributed by atoms with van der Waals surface area (Å²) >= 11 is 0. The highest BCUT2D eigenvalue weighted by molar-refractivity contribution is 5.97. The Balaban J connectivity index is 1.50. The minimum absolute atomic E-state index is 0.0160. The number of carbonyl (C=O) groups is 1. The molecule has 164 valence electrons. The third kappa shape index (κ3) is 3.62.